The fraction of sp³-hybridized carbons (Fsp3) is 0.412. The van der Waals surface area contributed by atoms with Crippen LogP contribution < -0.4 is 14.8 Å². The van der Waals surface area contributed by atoms with Gasteiger partial charge in [-0.05, 0) is 25.1 Å². The van der Waals surface area contributed by atoms with Crippen molar-refractivity contribution in [2.45, 2.75) is 13.0 Å². The van der Waals surface area contributed by atoms with Crippen molar-refractivity contribution in [2.75, 3.05) is 34.5 Å². The number of aliphatic hydroxyl groups is 1. The maximum atomic E-state index is 12.5. The highest BCUT2D eigenvalue weighted by Gasteiger charge is 2.27. The van der Waals surface area contributed by atoms with Gasteiger partial charge >= 0.3 is 0 Å². The van der Waals surface area contributed by atoms with E-state index >= 15 is 0 Å². The molecule has 2 N–H and O–H groups in total. The van der Waals surface area contributed by atoms with Crippen molar-refractivity contribution in [3.05, 3.63) is 29.5 Å². The van der Waals surface area contributed by atoms with Gasteiger partial charge in [0.1, 0.15) is 17.4 Å². The number of hydrogen-bond acceptors (Lipinski definition) is 7. The minimum atomic E-state index is -0.982. The molecule has 2 aromatic rings. The van der Waals surface area contributed by atoms with Crippen LogP contribution in [0, 0.1) is 0 Å². The number of rotatable bonds is 8. The van der Waals surface area contributed by atoms with Crippen molar-refractivity contribution >= 4 is 5.91 Å². The van der Waals surface area contributed by atoms with E-state index in [9.17, 15) is 9.90 Å². The molecule has 8 heteroatoms. The quantitative estimate of drug-likeness (QED) is 0.700. The maximum absolute atomic E-state index is 12.5. The predicted molar refractivity (Wildman–Crippen MR) is 89.9 cm³/mol. The van der Waals surface area contributed by atoms with Crippen LogP contribution in [0.1, 0.15) is 29.1 Å². The van der Waals surface area contributed by atoms with E-state index in [-0.39, 0.29) is 11.3 Å². The minimum Gasteiger partial charge on any atom is -0.493 e. The summed E-state index contributed by atoms with van der Waals surface area (Å²) >= 11 is 0. The summed E-state index contributed by atoms with van der Waals surface area (Å²) in [5.74, 6) is 0.739. The zero-order valence-corrected chi connectivity index (χ0v) is 14.7. The molecule has 1 unspecified atom stereocenters. The van der Waals surface area contributed by atoms with Crippen LogP contribution in [0.3, 0.4) is 0 Å². The molecule has 0 saturated carbocycles. The molecule has 2 rings (SSSR count). The van der Waals surface area contributed by atoms with Crippen molar-refractivity contribution in [2.24, 2.45) is 0 Å². The number of nitrogens with zero attached hydrogens (tertiary/aromatic N) is 1. The first-order chi connectivity index (χ1) is 12.0. The molecule has 1 atom stereocenters. The summed E-state index contributed by atoms with van der Waals surface area (Å²) in [6.07, 6.45) is -0.982. The Bertz CT molecular complexity index is 726. The lowest BCUT2D eigenvalue weighted by Crippen LogP contribution is -2.28. The molecule has 8 nitrogen and oxygen atoms in total. The third-order valence-corrected chi connectivity index (χ3v) is 3.57. The Morgan fingerprint density at radius 3 is 2.60 bits per heavy atom. The maximum Gasteiger partial charge on any atom is 0.257 e. The zero-order chi connectivity index (χ0) is 18.4. The molecule has 1 amide bonds. The van der Waals surface area contributed by atoms with Gasteiger partial charge in [0.25, 0.3) is 5.91 Å². The molecule has 0 fully saturated rings. The van der Waals surface area contributed by atoms with Crippen LogP contribution >= 0.6 is 0 Å². The summed E-state index contributed by atoms with van der Waals surface area (Å²) in [5, 5.41) is 16.6. The second-order valence-electron chi connectivity index (χ2n) is 5.26. The van der Waals surface area contributed by atoms with Crippen molar-refractivity contribution < 1.29 is 28.6 Å². The summed E-state index contributed by atoms with van der Waals surface area (Å²) in [6, 6.07) is 5.13. The molecular formula is C17H22N2O6. The summed E-state index contributed by atoms with van der Waals surface area (Å²) in [7, 11) is 4.60. The number of methoxy groups -OCH3 is 3. The standard InChI is InChI=1S/C17H22N2O6/c1-10(20)16-14(17(21)18-7-8-22-2)15(19-25-16)11-5-6-12(23-3)13(9-11)24-4/h5-6,9-10,20H,7-8H2,1-4H3,(H,18,21). The Morgan fingerprint density at radius 2 is 2.00 bits per heavy atom. The second-order valence-corrected chi connectivity index (χ2v) is 5.26. The van der Waals surface area contributed by atoms with Crippen LogP contribution in [0.15, 0.2) is 22.7 Å². The van der Waals surface area contributed by atoms with Crippen LogP contribution in [0.25, 0.3) is 11.3 Å². The summed E-state index contributed by atoms with van der Waals surface area (Å²) in [4.78, 5) is 12.5. The molecular weight excluding hydrogens is 328 g/mol. The van der Waals surface area contributed by atoms with Crippen LogP contribution in [0.4, 0.5) is 0 Å². The first kappa shape index (κ1) is 18.8. The van der Waals surface area contributed by atoms with Crippen molar-refractivity contribution in [1.82, 2.24) is 10.5 Å². The predicted octanol–water partition coefficient (Wildman–Crippen LogP) is 1.79. The van der Waals surface area contributed by atoms with Gasteiger partial charge in [-0.25, -0.2) is 0 Å². The van der Waals surface area contributed by atoms with Gasteiger partial charge in [0, 0.05) is 19.2 Å². The van der Waals surface area contributed by atoms with Gasteiger partial charge in [0.15, 0.2) is 17.3 Å². The molecule has 0 aliphatic rings. The molecule has 0 bridgehead atoms. The Labute approximate surface area is 145 Å². The number of hydrogen-bond donors (Lipinski definition) is 2. The van der Waals surface area contributed by atoms with Gasteiger partial charge in [-0.2, -0.15) is 0 Å². The van der Waals surface area contributed by atoms with Crippen LogP contribution in [0.5, 0.6) is 11.5 Å². The molecule has 0 saturated heterocycles. The number of aliphatic hydroxyl groups excluding tert-OH is 1. The van der Waals surface area contributed by atoms with Gasteiger partial charge in [0.05, 0.1) is 20.8 Å². The van der Waals surface area contributed by atoms with Crippen LogP contribution in [-0.2, 0) is 4.74 Å². The van der Waals surface area contributed by atoms with E-state index in [2.05, 4.69) is 10.5 Å². The lowest BCUT2D eigenvalue weighted by molar-refractivity contribution is 0.0924. The van der Waals surface area contributed by atoms with Crippen LogP contribution in [-0.4, -0.2) is 50.7 Å². The number of benzene rings is 1. The summed E-state index contributed by atoms with van der Waals surface area (Å²) < 4.78 is 20.6. The Kier molecular flexibility index (Phi) is 6.37. The fourth-order valence-corrected chi connectivity index (χ4v) is 2.34. The molecule has 0 aliphatic carbocycles. The molecule has 1 heterocycles. The Hall–Kier alpha value is -2.58. The third-order valence-electron chi connectivity index (χ3n) is 3.57. The first-order valence-electron chi connectivity index (χ1n) is 7.70. The number of carbonyl (C=O) groups is 1. The molecule has 0 spiro atoms. The zero-order valence-electron chi connectivity index (χ0n) is 14.7. The van der Waals surface area contributed by atoms with Crippen molar-refractivity contribution in [1.29, 1.82) is 0 Å². The lowest BCUT2D eigenvalue weighted by Gasteiger charge is -2.10. The number of aromatic nitrogens is 1. The van der Waals surface area contributed by atoms with E-state index in [1.54, 1.807) is 25.3 Å². The van der Waals surface area contributed by atoms with E-state index in [1.165, 1.54) is 21.1 Å². The number of amides is 1. The molecule has 25 heavy (non-hydrogen) atoms. The number of ether oxygens (including phenoxy) is 3. The highest BCUT2D eigenvalue weighted by atomic mass is 16.5. The topological polar surface area (TPSA) is 103 Å². The fourth-order valence-electron chi connectivity index (χ4n) is 2.34. The van der Waals surface area contributed by atoms with Crippen molar-refractivity contribution in [3.63, 3.8) is 0 Å². The Morgan fingerprint density at radius 1 is 1.28 bits per heavy atom. The van der Waals surface area contributed by atoms with Crippen LogP contribution in [0.2, 0.25) is 0 Å². The molecule has 0 radical (unpaired) electrons. The van der Waals surface area contributed by atoms with Gasteiger partial charge in [-0.3, -0.25) is 4.79 Å². The minimum absolute atomic E-state index is 0.0969. The van der Waals surface area contributed by atoms with E-state index in [0.717, 1.165) is 0 Å². The molecule has 136 valence electrons. The normalized spacial score (nSPS) is 11.9. The van der Waals surface area contributed by atoms with Gasteiger partial charge in [-0.15, -0.1) is 0 Å². The Balaban J connectivity index is 2.46. The average Bonchev–Trinajstić information content (AvgIpc) is 3.06. The average molecular weight is 350 g/mol. The number of nitrogens with one attached hydrogen (secondary N) is 1. The smallest absolute Gasteiger partial charge is 0.257 e. The highest BCUT2D eigenvalue weighted by Crippen LogP contribution is 2.35. The second kappa shape index (κ2) is 8.50. The van der Waals surface area contributed by atoms with Gasteiger partial charge in [0.2, 0.25) is 0 Å². The highest BCUT2D eigenvalue weighted by molar-refractivity contribution is 6.01. The van der Waals surface area contributed by atoms with Gasteiger partial charge < -0.3 is 29.2 Å². The number of carbonyl (C=O) groups excluding carboxylic acids is 1. The third kappa shape index (κ3) is 4.09. The van der Waals surface area contributed by atoms with Crippen molar-refractivity contribution in [3.8, 4) is 22.8 Å². The molecule has 0 aliphatic heterocycles. The lowest BCUT2D eigenvalue weighted by atomic mass is 10.0. The van der Waals surface area contributed by atoms with E-state index < -0.39 is 12.0 Å². The van der Waals surface area contributed by atoms with E-state index in [4.69, 9.17) is 18.7 Å². The van der Waals surface area contributed by atoms with Gasteiger partial charge in [-0.1, -0.05) is 5.16 Å². The largest absolute Gasteiger partial charge is 0.493 e. The summed E-state index contributed by atoms with van der Waals surface area (Å²) in [6.45, 7) is 2.20. The summed E-state index contributed by atoms with van der Waals surface area (Å²) in [5.41, 5.74) is 1.09. The molecule has 1 aromatic heterocycles. The monoisotopic (exact) mass is 350 g/mol. The van der Waals surface area contributed by atoms with E-state index in [1.807, 2.05) is 0 Å². The molecule has 1 aromatic carbocycles. The SMILES string of the molecule is COCCNC(=O)c1c(-c2ccc(OC)c(OC)c2)noc1C(C)O. The first-order valence-corrected chi connectivity index (χ1v) is 7.70. The van der Waals surface area contributed by atoms with E-state index in [0.29, 0.717) is 35.9 Å².